The van der Waals surface area contributed by atoms with Gasteiger partial charge in [-0.05, 0) is 19.5 Å². The highest BCUT2D eigenvalue weighted by Crippen LogP contribution is 2.09. The van der Waals surface area contributed by atoms with Gasteiger partial charge in [0.1, 0.15) is 0 Å². The first-order valence-electron chi connectivity index (χ1n) is 8.65. The van der Waals surface area contributed by atoms with Crippen LogP contribution in [0.5, 0.6) is 0 Å². The smallest absolute Gasteiger partial charge is 0.0593 e. The van der Waals surface area contributed by atoms with E-state index < -0.39 is 0 Å². The van der Waals surface area contributed by atoms with Crippen molar-refractivity contribution in [2.24, 2.45) is 0 Å². The maximum atomic E-state index is 5.69. The molecule has 0 aliphatic rings. The second-order valence-electron chi connectivity index (χ2n) is 5.47. The lowest BCUT2D eigenvalue weighted by Gasteiger charge is -2.17. The van der Waals surface area contributed by atoms with Crippen LogP contribution in [-0.2, 0) is 4.74 Å². The third kappa shape index (κ3) is 14.1. The number of hydrogen-bond acceptors (Lipinski definition) is 2. The van der Waals surface area contributed by atoms with Gasteiger partial charge in [-0.3, -0.25) is 0 Å². The molecule has 0 spiro atoms. The maximum Gasteiger partial charge on any atom is 0.0593 e. The molecule has 0 fully saturated rings. The monoisotopic (exact) mass is 271 g/mol. The zero-order chi connectivity index (χ0) is 14.2. The van der Waals surface area contributed by atoms with Gasteiger partial charge in [0.15, 0.2) is 0 Å². The molecule has 0 atom stereocenters. The molecule has 0 N–H and O–H groups in total. The summed E-state index contributed by atoms with van der Waals surface area (Å²) in [5, 5.41) is 0. The van der Waals surface area contributed by atoms with Crippen molar-refractivity contribution in [1.82, 2.24) is 4.90 Å². The van der Waals surface area contributed by atoms with Crippen LogP contribution in [0.15, 0.2) is 0 Å². The van der Waals surface area contributed by atoms with Gasteiger partial charge in [-0.2, -0.15) is 0 Å². The van der Waals surface area contributed by atoms with Gasteiger partial charge in [0.2, 0.25) is 0 Å². The number of nitrogens with zero attached hydrogens (tertiary/aromatic N) is 1. The van der Waals surface area contributed by atoms with Gasteiger partial charge in [-0.1, -0.05) is 72.1 Å². The van der Waals surface area contributed by atoms with Crippen LogP contribution in [0.25, 0.3) is 0 Å². The Hall–Kier alpha value is -0.0800. The normalized spacial score (nSPS) is 11.4. The third-order valence-electron chi connectivity index (χ3n) is 3.84. The van der Waals surface area contributed by atoms with Crippen LogP contribution in [-0.4, -0.2) is 37.7 Å². The summed E-state index contributed by atoms with van der Waals surface area (Å²) >= 11 is 0. The first-order chi connectivity index (χ1) is 9.35. The molecule has 0 rings (SSSR count). The molecule has 0 saturated carbocycles. The Morgan fingerprint density at radius 3 is 1.68 bits per heavy atom. The van der Waals surface area contributed by atoms with E-state index in [1.54, 1.807) is 0 Å². The Kier molecular flexibility index (Phi) is 15.9. The van der Waals surface area contributed by atoms with Gasteiger partial charge in [0.05, 0.1) is 6.61 Å². The van der Waals surface area contributed by atoms with Crippen molar-refractivity contribution in [2.75, 3.05) is 32.8 Å². The molecule has 0 heterocycles. The fourth-order valence-electron chi connectivity index (χ4n) is 2.35. The van der Waals surface area contributed by atoms with Crippen LogP contribution in [0.2, 0.25) is 0 Å². The zero-order valence-electron chi connectivity index (χ0n) is 13.8. The molecule has 0 aliphatic carbocycles. The standard InChI is InChI=1S/C17H37NO/c1-4-7-8-9-10-11-12-13-14-16-19-17-15-18(5-2)6-3/h4-17H2,1-3H3. The molecule has 2 nitrogen and oxygen atoms in total. The molecule has 0 amide bonds. The SMILES string of the molecule is CCCCCCCCCCCOCCN(CC)CC. The summed E-state index contributed by atoms with van der Waals surface area (Å²) in [6.07, 6.45) is 12.5. The van der Waals surface area contributed by atoms with Crippen LogP contribution < -0.4 is 0 Å². The van der Waals surface area contributed by atoms with Gasteiger partial charge in [-0.15, -0.1) is 0 Å². The van der Waals surface area contributed by atoms with E-state index >= 15 is 0 Å². The maximum absolute atomic E-state index is 5.69. The van der Waals surface area contributed by atoms with Gasteiger partial charge < -0.3 is 9.64 Å². The molecule has 0 saturated heterocycles. The second-order valence-corrected chi connectivity index (χ2v) is 5.47. The highest BCUT2D eigenvalue weighted by atomic mass is 16.5. The molecule has 0 aromatic rings. The molecule has 0 aromatic carbocycles. The number of hydrogen-bond donors (Lipinski definition) is 0. The Labute approximate surface area is 121 Å². The minimum absolute atomic E-state index is 0.901. The number of likely N-dealkylation sites (N-methyl/N-ethyl adjacent to an activating group) is 1. The first kappa shape index (κ1) is 18.9. The third-order valence-corrected chi connectivity index (χ3v) is 3.84. The quantitative estimate of drug-likeness (QED) is 0.394. The van der Waals surface area contributed by atoms with Crippen LogP contribution >= 0.6 is 0 Å². The van der Waals surface area contributed by atoms with Gasteiger partial charge >= 0.3 is 0 Å². The van der Waals surface area contributed by atoms with Gasteiger partial charge in [0.25, 0.3) is 0 Å². The highest BCUT2D eigenvalue weighted by Gasteiger charge is 1.98. The highest BCUT2D eigenvalue weighted by molar-refractivity contribution is 4.51. The summed E-state index contributed by atoms with van der Waals surface area (Å²) in [6, 6.07) is 0. The molecule has 2 heteroatoms. The average molecular weight is 271 g/mol. The van der Waals surface area contributed by atoms with E-state index in [9.17, 15) is 0 Å². The molecule has 19 heavy (non-hydrogen) atoms. The molecule has 0 aliphatic heterocycles. The Morgan fingerprint density at radius 2 is 1.16 bits per heavy atom. The Balaban J connectivity index is 3.02. The van der Waals surface area contributed by atoms with Crippen molar-refractivity contribution >= 4 is 0 Å². The summed E-state index contributed by atoms with van der Waals surface area (Å²) in [7, 11) is 0. The first-order valence-corrected chi connectivity index (χ1v) is 8.65. The average Bonchev–Trinajstić information content (AvgIpc) is 2.44. The van der Waals surface area contributed by atoms with Crippen molar-refractivity contribution in [3.05, 3.63) is 0 Å². The summed E-state index contributed by atoms with van der Waals surface area (Å²) in [6.45, 7) is 11.9. The van der Waals surface area contributed by atoms with Gasteiger partial charge in [0, 0.05) is 13.2 Å². The predicted molar refractivity (Wildman–Crippen MR) is 85.8 cm³/mol. The van der Waals surface area contributed by atoms with E-state index in [2.05, 4.69) is 25.7 Å². The summed E-state index contributed by atoms with van der Waals surface area (Å²) in [5.41, 5.74) is 0. The van der Waals surface area contributed by atoms with Crippen LogP contribution in [0.3, 0.4) is 0 Å². The summed E-state index contributed by atoms with van der Waals surface area (Å²) in [5.74, 6) is 0. The zero-order valence-corrected chi connectivity index (χ0v) is 13.8. The van der Waals surface area contributed by atoms with Crippen LogP contribution in [0, 0.1) is 0 Å². The lowest BCUT2D eigenvalue weighted by molar-refractivity contribution is 0.104. The van der Waals surface area contributed by atoms with E-state index in [1.165, 1.54) is 57.8 Å². The van der Waals surface area contributed by atoms with Crippen molar-refractivity contribution in [2.45, 2.75) is 78.6 Å². The van der Waals surface area contributed by atoms with E-state index in [0.717, 1.165) is 32.8 Å². The summed E-state index contributed by atoms with van der Waals surface area (Å²) < 4.78 is 5.69. The Bertz CT molecular complexity index is 157. The molecule has 116 valence electrons. The minimum atomic E-state index is 0.901. The fourth-order valence-corrected chi connectivity index (χ4v) is 2.35. The van der Waals surface area contributed by atoms with Crippen molar-refractivity contribution in [3.63, 3.8) is 0 Å². The largest absolute Gasteiger partial charge is 0.380 e. The summed E-state index contributed by atoms with van der Waals surface area (Å²) in [4.78, 5) is 2.41. The molecule has 0 aromatic heterocycles. The topological polar surface area (TPSA) is 12.5 Å². The predicted octanol–water partition coefficient (Wildman–Crippen LogP) is 4.88. The molecule has 0 radical (unpaired) electrons. The van der Waals surface area contributed by atoms with Crippen LogP contribution in [0.1, 0.15) is 78.6 Å². The van der Waals surface area contributed by atoms with E-state index in [0.29, 0.717) is 0 Å². The number of rotatable bonds is 15. The molecule has 0 unspecified atom stereocenters. The van der Waals surface area contributed by atoms with Crippen molar-refractivity contribution < 1.29 is 4.74 Å². The van der Waals surface area contributed by atoms with E-state index in [1.807, 2.05) is 0 Å². The number of unbranched alkanes of at least 4 members (excludes halogenated alkanes) is 8. The van der Waals surface area contributed by atoms with E-state index in [-0.39, 0.29) is 0 Å². The lowest BCUT2D eigenvalue weighted by atomic mass is 10.1. The minimum Gasteiger partial charge on any atom is -0.380 e. The van der Waals surface area contributed by atoms with Crippen LogP contribution in [0.4, 0.5) is 0 Å². The Morgan fingerprint density at radius 1 is 0.632 bits per heavy atom. The lowest BCUT2D eigenvalue weighted by Crippen LogP contribution is -2.27. The number of ether oxygens (including phenoxy) is 1. The molecular formula is C17H37NO. The van der Waals surface area contributed by atoms with Gasteiger partial charge in [-0.25, -0.2) is 0 Å². The molecule has 0 bridgehead atoms. The fraction of sp³-hybridized carbons (Fsp3) is 1.00. The molecular weight excluding hydrogens is 234 g/mol. The van der Waals surface area contributed by atoms with Crippen molar-refractivity contribution in [3.8, 4) is 0 Å². The second kappa shape index (κ2) is 16.0. The van der Waals surface area contributed by atoms with E-state index in [4.69, 9.17) is 4.74 Å². The van der Waals surface area contributed by atoms with Crippen molar-refractivity contribution in [1.29, 1.82) is 0 Å².